The van der Waals surface area contributed by atoms with E-state index in [1.807, 2.05) is 66.7 Å². The van der Waals surface area contributed by atoms with Crippen LogP contribution in [0.3, 0.4) is 0 Å². The molecule has 0 spiro atoms. The van der Waals surface area contributed by atoms with Crippen molar-refractivity contribution in [3.8, 4) is 0 Å². The van der Waals surface area contributed by atoms with Gasteiger partial charge in [-0.25, -0.2) is 4.79 Å². The molecular formula is C29H47N3O6. The molecule has 1 rings (SSSR count). The first-order chi connectivity index (χ1) is 17.5. The number of alkyl carbamates (subject to hydrolysis) is 1. The molecule has 1 aromatic rings. The van der Waals surface area contributed by atoms with Crippen LogP contribution >= 0.6 is 0 Å². The van der Waals surface area contributed by atoms with Gasteiger partial charge < -0.3 is 25.0 Å². The molecule has 38 heavy (non-hydrogen) atoms. The Morgan fingerprint density at radius 3 is 2.08 bits per heavy atom. The Labute approximate surface area is 228 Å². The lowest BCUT2D eigenvalue weighted by Gasteiger charge is -2.45. The van der Waals surface area contributed by atoms with Gasteiger partial charge in [0.25, 0.3) is 0 Å². The van der Waals surface area contributed by atoms with E-state index in [1.54, 1.807) is 20.8 Å². The third-order valence-electron chi connectivity index (χ3n) is 6.89. The average Bonchev–Trinajstić information content (AvgIpc) is 2.83. The topological polar surface area (TPSA) is 114 Å². The van der Waals surface area contributed by atoms with Gasteiger partial charge in [0.2, 0.25) is 11.8 Å². The number of amides is 3. The quantitative estimate of drug-likeness (QED) is 0.402. The summed E-state index contributed by atoms with van der Waals surface area (Å²) in [7, 11) is 1.24. The van der Waals surface area contributed by atoms with Crippen LogP contribution in [-0.2, 0) is 23.9 Å². The number of esters is 1. The fourth-order valence-electron chi connectivity index (χ4n) is 3.89. The molecule has 0 aromatic heterocycles. The van der Waals surface area contributed by atoms with E-state index in [-0.39, 0.29) is 12.5 Å². The molecule has 0 heterocycles. The van der Waals surface area contributed by atoms with Crippen molar-refractivity contribution < 1.29 is 28.7 Å². The number of aryl methyl sites for hydroxylation is 2. The molecule has 9 nitrogen and oxygen atoms in total. The second-order valence-corrected chi connectivity index (χ2v) is 11.4. The first kappa shape index (κ1) is 32.9. The van der Waals surface area contributed by atoms with Gasteiger partial charge in [0.15, 0.2) is 0 Å². The highest BCUT2D eigenvalue weighted by atomic mass is 16.6. The van der Waals surface area contributed by atoms with Crippen molar-refractivity contribution in [2.24, 2.45) is 5.92 Å². The molecule has 9 heteroatoms. The minimum atomic E-state index is -1.06. The van der Waals surface area contributed by atoms with Gasteiger partial charge in [-0.3, -0.25) is 14.4 Å². The third kappa shape index (κ3) is 9.03. The molecule has 0 radical (unpaired) electrons. The summed E-state index contributed by atoms with van der Waals surface area (Å²) in [5, 5.41) is 5.40. The molecule has 0 aliphatic carbocycles. The van der Waals surface area contributed by atoms with Gasteiger partial charge in [0.05, 0.1) is 7.11 Å². The predicted octanol–water partition coefficient (Wildman–Crippen LogP) is 4.59. The largest absolute Gasteiger partial charge is 0.468 e. The standard InChI is InChI=1S/C29H47N3O6/c1-12-18(3)23(31-27(36)38-28(6,7)8)26(35)32(29(9,10)13-2)24(25(34)30-17-22(33)37-11)21-15-14-19(4)20(5)16-21/h14-16,18,23-24H,12-13,17H2,1-11H3,(H,30,34)(H,31,36). The number of ether oxygens (including phenoxy) is 2. The van der Waals surface area contributed by atoms with Crippen molar-refractivity contribution in [2.45, 2.75) is 105 Å². The summed E-state index contributed by atoms with van der Waals surface area (Å²) in [6, 6.07) is 3.59. The summed E-state index contributed by atoms with van der Waals surface area (Å²) in [6.07, 6.45) is 0.433. The second kappa shape index (κ2) is 13.6. The minimum absolute atomic E-state index is 0.247. The molecule has 0 aliphatic heterocycles. The van der Waals surface area contributed by atoms with Crippen LogP contribution in [0, 0.1) is 19.8 Å². The lowest BCUT2D eigenvalue weighted by atomic mass is 9.89. The fraction of sp³-hybridized carbons (Fsp3) is 0.655. The summed E-state index contributed by atoms with van der Waals surface area (Å²) >= 11 is 0. The van der Waals surface area contributed by atoms with Crippen LogP contribution in [0.5, 0.6) is 0 Å². The predicted molar refractivity (Wildman–Crippen MR) is 148 cm³/mol. The van der Waals surface area contributed by atoms with Crippen molar-refractivity contribution >= 4 is 23.9 Å². The minimum Gasteiger partial charge on any atom is -0.468 e. The molecule has 1 aromatic carbocycles. The number of methoxy groups -OCH3 is 1. The maximum Gasteiger partial charge on any atom is 0.408 e. The highest BCUT2D eigenvalue weighted by molar-refractivity contribution is 5.93. The van der Waals surface area contributed by atoms with Crippen LogP contribution in [0.25, 0.3) is 0 Å². The van der Waals surface area contributed by atoms with Crippen molar-refractivity contribution in [2.75, 3.05) is 13.7 Å². The first-order valence-electron chi connectivity index (χ1n) is 13.2. The van der Waals surface area contributed by atoms with Gasteiger partial charge >= 0.3 is 12.1 Å². The molecule has 3 amide bonds. The molecule has 214 valence electrons. The Morgan fingerprint density at radius 2 is 1.61 bits per heavy atom. The number of rotatable bonds is 11. The first-order valence-corrected chi connectivity index (χ1v) is 13.2. The Bertz CT molecular complexity index is 999. The van der Waals surface area contributed by atoms with Gasteiger partial charge in [0.1, 0.15) is 24.2 Å². The number of carbonyl (C=O) groups excluding carboxylic acids is 4. The number of nitrogens with zero attached hydrogens (tertiary/aromatic N) is 1. The van der Waals surface area contributed by atoms with Crippen LogP contribution in [0.4, 0.5) is 4.79 Å². The molecule has 3 unspecified atom stereocenters. The number of hydrogen-bond acceptors (Lipinski definition) is 6. The van der Waals surface area contributed by atoms with Gasteiger partial charge in [-0.1, -0.05) is 45.4 Å². The van der Waals surface area contributed by atoms with Crippen molar-refractivity contribution in [1.29, 1.82) is 0 Å². The lowest BCUT2D eigenvalue weighted by molar-refractivity contribution is -0.151. The number of carbonyl (C=O) groups is 4. The SMILES string of the molecule is CCC(C)C(NC(=O)OC(C)(C)C)C(=O)N(C(C(=O)NCC(=O)OC)c1ccc(C)c(C)c1)C(C)(C)CC. The third-order valence-corrected chi connectivity index (χ3v) is 6.89. The van der Waals surface area contributed by atoms with E-state index in [9.17, 15) is 19.2 Å². The Kier molecular flexibility index (Phi) is 11.8. The molecule has 0 fully saturated rings. The second-order valence-electron chi connectivity index (χ2n) is 11.4. The summed E-state index contributed by atoms with van der Waals surface area (Å²) < 4.78 is 10.1. The molecule has 0 aliphatic rings. The summed E-state index contributed by atoms with van der Waals surface area (Å²) in [6.45, 7) is 18.3. The number of benzene rings is 1. The Morgan fingerprint density at radius 1 is 1.00 bits per heavy atom. The van der Waals surface area contributed by atoms with E-state index in [2.05, 4.69) is 15.4 Å². The van der Waals surface area contributed by atoms with E-state index >= 15 is 0 Å². The van der Waals surface area contributed by atoms with Crippen LogP contribution in [0.1, 0.15) is 91.0 Å². The maximum atomic E-state index is 14.4. The molecular weight excluding hydrogens is 486 g/mol. The zero-order valence-electron chi connectivity index (χ0n) is 25.0. The van der Waals surface area contributed by atoms with Crippen molar-refractivity contribution in [1.82, 2.24) is 15.5 Å². The van der Waals surface area contributed by atoms with E-state index in [0.717, 1.165) is 11.1 Å². The molecule has 3 atom stereocenters. The highest BCUT2D eigenvalue weighted by Crippen LogP contribution is 2.34. The smallest absolute Gasteiger partial charge is 0.408 e. The zero-order chi connectivity index (χ0) is 29.4. The van der Waals surface area contributed by atoms with E-state index in [0.29, 0.717) is 18.4 Å². The lowest BCUT2D eigenvalue weighted by Crippen LogP contribution is -2.60. The van der Waals surface area contributed by atoms with E-state index < -0.39 is 47.1 Å². The average molecular weight is 534 g/mol. The normalized spacial score (nSPS) is 14.1. The van der Waals surface area contributed by atoms with Crippen LogP contribution < -0.4 is 10.6 Å². The van der Waals surface area contributed by atoms with Crippen LogP contribution in [-0.4, -0.2) is 59.6 Å². The monoisotopic (exact) mass is 533 g/mol. The summed E-state index contributed by atoms with van der Waals surface area (Å²) in [5.41, 5.74) is 1.07. The Hall–Kier alpha value is -3.10. The molecule has 0 bridgehead atoms. The summed E-state index contributed by atoms with van der Waals surface area (Å²) in [4.78, 5) is 54.2. The van der Waals surface area contributed by atoms with Crippen molar-refractivity contribution in [3.05, 3.63) is 34.9 Å². The van der Waals surface area contributed by atoms with Crippen LogP contribution in [0.15, 0.2) is 18.2 Å². The van der Waals surface area contributed by atoms with Gasteiger partial charge in [-0.2, -0.15) is 0 Å². The molecule has 0 saturated heterocycles. The maximum absolute atomic E-state index is 14.4. The van der Waals surface area contributed by atoms with Gasteiger partial charge in [0, 0.05) is 5.54 Å². The molecule has 0 saturated carbocycles. The van der Waals surface area contributed by atoms with Crippen molar-refractivity contribution in [3.63, 3.8) is 0 Å². The van der Waals surface area contributed by atoms with E-state index in [4.69, 9.17) is 4.74 Å². The number of nitrogens with one attached hydrogen (secondary N) is 2. The van der Waals surface area contributed by atoms with Gasteiger partial charge in [-0.15, -0.1) is 0 Å². The number of hydrogen-bond donors (Lipinski definition) is 2. The summed E-state index contributed by atoms with van der Waals surface area (Å²) in [5.74, 6) is -1.78. The Balaban J connectivity index is 3.71. The highest BCUT2D eigenvalue weighted by Gasteiger charge is 2.44. The van der Waals surface area contributed by atoms with E-state index in [1.165, 1.54) is 12.0 Å². The fourth-order valence-corrected chi connectivity index (χ4v) is 3.89. The molecule has 2 N–H and O–H groups in total. The zero-order valence-corrected chi connectivity index (χ0v) is 25.0. The van der Waals surface area contributed by atoms with Crippen LogP contribution in [0.2, 0.25) is 0 Å². The van der Waals surface area contributed by atoms with Gasteiger partial charge in [-0.05, 0) is 77.5 Å².